The van der Waals surface area contributed by atoms with Crippen molar-refractivity contribution in [2.45, 2.75) is 6.42 Å². The lowest BCUT2D eigenvalue weighted by Crippen LogP contribution is -2.07. The molecule has 0 aromatic heterocycles. The predicted molar refractivity (Wildman–Crippen MR) is 70.6 cm³/mol. The molecule has 1 aromatic carbocycles. The molecule has 0 heterocycles. The molecule has 0 fully saturated rings. The highest BCUT2D eigenvalue weighted by molar-refractivity contribution is 9.13. The summed E-state index contributed by atoms with van der Waals surface area (Å²) in [4.78, 5) is 21.4. The number of carboxylic acids is 2. The normalized spacial score (nSPS) is 11.3. The van der Waals surface area contributed by atoms with Crippen molar-refractivity contribution in [3.8, 4) is 5.75 Å². The van der Waals surface area contributed by atoms with Gasteiger partial charge in [0.1, 0.15) is 5.75 Å². The van der Waals surface area contributed by atoms with Crippen LogP contribution in [0.1, 0.15) is 5.56 Å². The zero-order valence-electron chi connectivity index (χ0n) is 8.85. The molecule has 0 unspecified atom stereocenters. The number of phenols is 1. The number of hydrogen-bond donors (Lipinski definition) is 3. The van der Waals surface area contributed by atoms with E-state index in [1.165, 1.54) is 6.07 Å². The van der Waals surface area contributed by atoms with E-state index >= 15 is 0 Å². The second-order valence-electron chi connectivity index (χ2n) is 3.36. The van der Waals surface area contributed by atoms with Gasteiger partial charge in [0, 0.05) is 22.5 Å². The monoisotopic (exact) mass is 378 g/mol. The lowest BCUT2D eigenvalue weighted by Gasteiger charge is -2.08. The number of carboxylic acid groups (broad SMARTS) is 2. The molecule has 3 N–H and O–H groups in total. The maximum absolute atomic E-state index is 10.9. The van der Waals surface area contributed by atoms with Gasteiger partial charge in [-0.15, -0.1) is 0 Å². The maximum Gasteiger partial charge on any atom is 0.332 e. The van der Waals surface area contributed by atoms with Crippen LogP contribution in [0.25, 0.3) is 0 Å². The molecule has 1 aromatic rings. The van der Waals surface area contributed by atoms with Crippen LogP contribution in [-0.4, -0.2) is 27.3 Å². The van der Waals surface area contributed by atoms with Gasteiger partial charge in [-0.2, -0.15) is 0 Å². The van der Waals surface area contributed by atoms with Gasteiger partial charge in [-0.3, -0.25) is 0 Å². The smallest absolute Gasteiger partial charge is 0.332 e. The Labute approximate surface area is 119 Å². The predicted octanol–water partition coefficient (Wildman–Crippen LogP) is 2.56. The molecule has 1 rings (SSSR count). The molecule has 0 atom stereocenters. The van der Waals surface area contributed by atoms with Gasteiger partial charge in [-0.1, -0.05) is 6.07 Å². The summed E-state index contributed by atoms with van der Waals surface area (Å²) in [7, 11) is 0. The van der Waals surface area contributed by atoms with Crippen molar-refractivity contribution >= 4 is 43.8 Å². The van der Waals surface area contributed by atoms with Crippen LogP contribution >= 0.6 is 31.9 Å². The van der Waals surface area contributed by atoms with Crippen molar-refractivity contribution in [1.82, 2.24) is 0 Å². The average Bonchev–Trinajstić information content (AvgIpc) is 2.28. The van der Waals surface area contributed by atoms with Gasteiger partial charge < -0.3 is 15.3 Å². The first-order valence-electron chi connectivity index (χ1n) is 4.65. The Morgan fingerprint density at radius 2 is 1.83 bits per heavy atom. The van der Waals surface area contributed by atoms with Crippen LogP contribution in [-0.2, 0) is 16.0 Å². The molecule has 0 aliphatic rings. The van der Waals surface area contributed by atoms with Crippen molar-refractivity contribution in [3.05, 3.63) is 38.3 Å². The molecule has 0 spiro atoms. The zero-order chi connectivity index (χ0) is 13.9. The van der Waals surface area contributed by atoms with Crippen LogP contribution in [0.4, 0.5) is 0 Å². The number of hydrogen-bond acceptors (Lipinski definition) is 3. The summed E-state index contributed by atoms with van der Waals surface area (Å²) in [6, 6.07) is 3.14. The Hall–Kier alpha value is -1.34. The Morgan fingerprint density at radius 3 is 2.33 bits per heavy atom. The van der Waals surface area contributed by atoms with Crippen LogP contribution < -0.4 is 0 Å². The molecule has 5 nitrogen and oxygen atoms in total. The molecule has 0 bridgehead atoms. The lowest BCUT2D eigenvalue weighted by atomic mass is 10.0. The van der Waals surface area contributed by atoms with E-state index in [4.69, 9.17) is 10.2 Å². The molecular formula is C11H8Br2O5. The van der Waals surface area contributed by atoms with Crippen LogP contribution in [0.2, 0.25) is 0 Å². The van der Waals surface area contributed by atoms with E-state index in [1.807, 2.05) is 0 Å². The maximum atomic E-state index is 10.9. The fourth-order valence-corrected chi connectivity index (χ4v) is 1.97. The molecule has 7 heteroatoms. The second-order valence-corrected chi connectivity index (χ2v) is 5.01. The van der Waals surface area contributed by atoms with Gasteiger partial charge in [0.2, 0.25) is 0 Å². The standard InChI is InChI=1S/C11H8Br2O5/c12-7-2-1-5(10(16)9(7)13)3-6(11(17)18)4-8(14)15/h1-2,4,16H,3H2,(H,14,15)(H,17,18)/b6-4+. The SMILES string of the molecule is O=C(O)/C=C(\Cc1ccc(Br)c(Br)c1O)C(=O)O. The van der Waals surface area contributed by atoms with E-state index in [9.17, 15) is 14.7 Å². The quantitative estimate of drug-likeness (QED) is 0.699. The third-order valence-electron chi connectivity index (χ3n) is 2.11. The Kier molecular flexibility index (Phi) is 4.92. The minimum Gasteiger partial charge on any atom is -0.506 e. The van der Waals surface area contributed by atoms with Gasteiger partial charge >= 0.3 is 11.9 Å². The first kappa shape index (κ1) is 14.7. The highest BCUT2D eigenvalue weighted by Gasteiger charge is 2.15. The van der Waals surface area contributed by atoms with Gasteiger partial charge in [0.25, 0.3) is 0 Å². The zero-order valence-corrected chi connectivity index (χ0v) is 12.0. The van der Waals surface area contributed by atoms with Crippen LogP contribution in [0.15, 0.2) is 32.7 Å². The first-order valence-corrected chi connectivity index (χ1v) is 6.24. The summed E-state index contributed by atoms with van der Waals surface area (Å²) in [6.45, 7) is 0. The molecule has 0 radical (unpaired) electrons. The van der Waals surface area contributed by atoms with E-state index in [2.05, 4.69) is 31.9 Å². The van der Waals surface area contributed by atoms with Crippen LogP contribution in [0.3, 0.4) is 0 Å². The van der Waals surface area contributed by atoms with Crippen molar-refractivity contribution in [2.75, 3.05) is 0 Å². The molecule has 96 valence electrons. The number of aliphatic carboxylic acids is 2. The van der Waals surface area contributed by atoms with E-state index in [0.29, 0.717) is 20.6 Å². The summed E-state index contributed by atoms with van der Waals surface area (Å²) in [5.74, 6) is -2.80. The highest BCUT2D eigenvalue weighted by Crippen LogP contribution is 2.35. The highest BCUT2D eigenvalue weighted by atomic mass is 79.9. The van der Waals surface area contributed by atoms with E-state index in [0.717, 1.165) is 0 Å². The molecule has 18 heavy (non-hydrogen) atoms. The fraction of sp³-hybridized carbons (Fsp3) is 0.0909. The molecule has 0 saturated carbocycles. The summed E-state index contributed by atoms with van der Waals surface area (Å²) >= 11 is 6.31. The van der Waals surface area contributed by atoms with E-state index in [1.54, 1.807) is 6.07 Å². The van der Waals surface area contributed by atoms with Crippen molar-refractivity contribution in [1.29, 1.82) is 0 Å². The van der Waals surface area contributed by atoms with Gasteiger partial charge in [0.15, 0.2) is 0 Å². The molecule has 0 aliphatic carbocycles. The number of rotatable bonds is 4. The summed E-state index contributed by atoms with van der Waals surface area (Å²) in [6.07, 6.45) is 0.428. The Morgan fingerprint density at radius 1 is 1.22 bits per heavy atom. The van der Waals surface area contributed by atoms with Crippen molar-refractivity contribution < 1.29 is 24.9 Å². The number of aromatic hydroxyl groups is 1. The van der Waals surface area contributed by atoms with Gasteiger partial charge in [-0.05, 0) is 43.5 Å². The van der Waals surface area contributed by atoms with Crippen molar-refractivity contribution in [3.63, 3.8) is 0 Å². The number of halogens is 2. The minimum absolute atomic E-state index is 0.123. The van der Waals surface area contributed by atoms with Crippen molar-refractivity contribution in [2.24, 2.45) is 0 Å². The average molecular weight is 380 g/mol. The largest absolute Gasteiger partial charge is 0.506 e. The summed E-state index contributed by atoms with van der Waals surface area (Å²) in [5, 5.41) is 27.2. The number of carbonyl (C=O) groups is 2. The van der Waals surface area contributed by atoms with E-state index in [-0.39, 0.29) is 17.7 Å². The molecule has 0 aliphatic heterocycles. The number of phenolic OH excluding ortho intramolecular Hbond substituents is 1. The van der Waals surface area contributed by atoms with Crippen LogP contribution in [0.5, 0.6) is 5.75 Å². The Bertz CT molecular complexity index is 536. The number of benzene rings is 1. The van der Waals surface area contributed by atoms with Gasteiger partial charge in [0.05, 0.1) is 4.47 Å². The lowest BCUT2D eigenvalue weighted by molar-refractivity contribution is -0.135. The minimum atomic E-state index is -1.34. The van der Waals surface area contributed by atoms with Crippen LogP contribution in [0, 0.1) is 0 Å². The molecular weight excluding hydrogens is 372 g/mol. The van der Waals surface area contributed by atoms with E-state index < -0.39 is 11.9 Å². The first-order chi connectivity index (χ1) is 8.32. The Balaban J connectivity index is 3.14. The van der Waals surface area contributed by atoms with Gasteiger partial charge in [-0.25, -0.2) is 9.59 Å². The topological polar surface area (TPSA) is 94.8 Å². The summed E-state index contributed by atoms with van der Waals surface area (Å²) in [5.41, 5.74) is 0.00648. The second kappa shape index (κ2) is 6.01. The third-order valence-corrected chi connectivity index (χ3v) is 4.10. The fourth-order valence-electron chi connectivity index (χ4n) is 1.27. The molecule has 0 saturated heterocycles. The third kappa shape index (κ3) is 3.58. The molecule has 0 amide bonds. The summed E-state index contributed by atoms with van der Waals surface area (Å²) < 4.78 is 1.00.